The highest BCUT2D eigenvalue weighted by Crippen LogP contribution is 2.30. The van der Waals surface area contributed by atoms with E-state index >= 15 is 0 Å². The number of benzene rings is 1. The minimum atomic E-state index is -4.74. The van der Waals surface area contributed by atoms with Gasteiger partial charge in [-0.2, -0.15) is 13.2 Å². The van der Waals surface area contributed by atoms with E-state index in [0.717, 1.165) is 0 Å². The van der Waals surface area contributed by atoms with Crippen LogP contribution in [0.5, 0.6) is 0 Å². The van der Waals surface area contributed by atoms with Gasteiger partial charge >= 0.3 is 12.1 Å². The molecule has 3 aromatic rings. The van der Waals surface area contributed by atoms with Crippen molar-refractivity contribution in [1.82, 2.24) is 15.2 Å². The fourth-order valence-electron chi connectivity index (χ4n) is 2.32. The lowest BCUT2D eigenvalue weighted by Gasteiger charge is -2.23. The van der Waals surface area contributed by atoms with Gasteiger partial charge in [-0.1, -0.05) is 18.5 Å². The van der Waals surface area contributed by atoms with Crippen molar-refractivity contribution >= 4 is 28.3 Å². The van der Waals surface area contributed by atoms with E-state index in [1.807, 2.05) is 0 Å². The van der Waals surface area contributed by atoms with Gasteiger partial charge in [0.05, 0.1) is 28.5 Å². The molecule has 0 spiro atoms. The van der Waals surface area contributed by atoms with Crippen LogP contribution >= 0.6 is 11.6 Å². The van der Waals surface area contributed by atoms with Crippen LogP contribution in [0.3, 0.4) is 0 Å². The molecule has 12 heteroatoms. The summed E-state index contributed by atoms with van der Waals surface area (Å²) in [5.74, 6) is -2.07. The lowest BCUT2D eigenvalue weighted by atomic mass is 10.2. The second-order valence-electron chi connectivity index (χ2n) is 5.69. The van der Waals surface area contributed by atoms with Crippen molar-refractivity contribution < 1.29 is 26.2 Å². The van der Waals surface area contributed by atoms with Gasteiger partial charge < -0.3 is 4.42 Å². The number of rotatable bonds is 6. The van der Waals surface area contributed by atoms with E-state index in [-0.39, 0.29) is 23.0 Å². The molecule has 1 unspecified atom stereocenters. The monoisotopic (exact) mass is 448 g/mol. The van der Waals surface area contributed by atoms with Gasteiger partial charge in [0.15, 0.2) is 0 Å². The Hall–Kier alpha value is -2.53. The number of anilines is 1. The maximum atomic E-state index is 13.4. The Balaban J connectivity index is 1.83. The molecule has 0 aliphatic heterocycles. The van der Waals surface area contributed by atoms with Crippen LogP contribution < -0.4 is 4.31 Å². The number of hydrogen-bond acceptors (Lipinski definition) is 5. The summed E-state index contributed by atoms with van der Waals surface area (Å²) in [5, 5.41) is 6.22. The Morgan fingerprint density at radius 2 is 1.97 bits per heavy atom. The fourth-order valence-corrected chi connectivity index (χ4v) is 3.43. The SMILES string of the molecule is CCS(=O)N(Cc1ccc(-c2nnc(C(F)(F)F)o2)cn1)c1ccc(F)c(Cl)c1. The van der Waals surface area contributed by atoms with E-state index < -0.39 is 28.9 Å². The van der Waals surface area contributed by atoms with Crippen molar-refractivity contribution in [2.45, 2.75) is 19.6 Å². The zero-order chi connectivity index (χ0) is 21.2. The largest absolute Gasteiger partial charge is 0.470 e. The van der Waals surface area contributed by atoms with E-state index in [9.17, 15) is 21.8 Å². The molecule has 0 amide bonds. The van der Waals surface area contributed by atoms with E-state index in [2.05, 4.69) is 19.6 Å². The molecule has 0 aliphatic carbocycles. The van der Waals surface area contributed by atoms with Crippen LogP contribution in [0, 0.1) is 5.82 Å². The number of halogens is 5. The first-order valence-corrected chi connectivity index (χ1v) is 9.81. The predicted octanol–water partition coefficient (Wildman–Crippen LogP) is 4.63. The van der Waals surface area contributed by atoms with Crippen LogP contribution in [0.25, 0.3) is 11.5 Å². The van der Waals surface area contributed by atoms with Crippen molar-refractivity contribution in [3.8, 4) is 11.5 Å². The van der Waals surface area contributed by atoms with Crippen LogP contribution in [-0.4, -0.2) is 25.1 Å². The van der Waals surface area contributed by atoms with E-state index in [0.29, 0.717) is 17.1 Å². The highest BCUT2D eigenvalue weighted by atomic mass is 35.5. The summed E-state index contributed by atoms with van der Waals surface area (Å²) in [5.41, 5.74) is 1.10. The van der Waals surface area contributed by atoms with Gasteiger partial charge in [0, 0.05) is 11.9 Å². The summed E-state index contributed by atoms with van der Waals surface area (Å²) in [4.78, 5) is 4.16. The van der Waals surface area contributed by atoms with Crippen molar-refractivity contribution in [2.24, 2.45) is 0 Å². The molecule has 0 N–H and O–H groups in total. The van der Waals surface area contributed by atoms with E-state index in [4.69, 9.17) is 11.6 Å². The number of aromatic nitrogens is 3. The fraction of sp³-hybridized carbons (Fsp3) is 0.235. The average molecular weight is 449 g/mol. The zero-order valence-corrected chi connectivity index (χ0v) is 16.4. The Labute approximate surface area is 170 Å². The summed E-state index contributed by atoms with van der Waals surface area (Å²) in [6.07, 6.45) is -3.46. The summed E-state index contributed by atoms with van der Waals surface area (Å²) in [7, 11) is -1.43. The zero-order valence-electron chi connectivity index (χ0n) is 14.8. The molecule has 0 bridgehead atoms. The van der Waals surface area contributed by atoms with Crippen molar-refractivity contribution in [2.75, 3.05) is 10.1 Å². The highest BCUT2D eigenvalue weighted by molar-refractivity contribution is 7.86. The molecule has 0 radical (unpaired) electrons. The minimum absolute atomic E-state index is 0.0975. The van der Waals surface area contributed by atoms with E-state index in [1.54, 1.807) is 6.92 Å². The lowest BCUT2D eigenvalue weighted by molar-refractivity contribution is -0.156. The van der Waals surface area contributed by atoms with Crippen LogP contribution in [0.15, 0.2) is 40.9 Å². The number of alkyl halides is 3. The standard InChI is InChI=1S/C17H13ClF4N4O2S/c1-2-29(27)26(12-5-6-14(19)13(18)7-12)9-11-4-3-10(8-23-11)15-24-25-16(28-15)17(20,21)22/h3-8H,2,9H2,1H3. The quantitative estimate of drug-likeness (QED) is 0.514. The molecule has 0 aliphatic rings. The third-order valence-electron chi connectivity index (χ3n) is 3.73. The molecule has 3 rings (SSSR count). The van der Waals surface area contributed by atoms with Gasteiger partial charge in [-0.15, -0.1) is 10.2 Å². The molecule has 0 saturated heterocycles. The molecule has 0 saturated carbocycles. The Morgan fingerprint density at radius 1 is 1.21 bits per heavy atom. The number of pyridine rings is 1. The Morgan fingerprint density at radius 3 is 2.52 bits per heavy atom. The smallest absolute Gasteiger partial charge is 0.413 e. The number of hydrogen-bond donors (Lipinski definition) is 0. The van der Waals surface area contributed by atoms with Crippen LogP contribution in [0.4, 0.5) is 23.2 Å². The van der Waals surface area contributed by atoms with Crippen LogP contribution in [-0.2, 0) is 23.7 Å². The van der Waals surface area contributed by atoms with Gasteiger partial charge in [-0.3, -0.25) is 9.29 Å². The van der Waals surface area contributed by atoms with Gasteiger partial charge in [0.1, 0.15) is 16.8 Å². The van der Waals surface area contributed by atoms with Gasteiger partial charge in [-0.05, 0) is 30.3 Å². The van der Waals surface area contributed by atoms with Gasteiger partial charge in [0.2, 0.25) is 5.89 Å². The van der Waals surface area contributed by atoms with Crippen LogP contribution in [0.1, 0.15) is 18.5 Å². The lowest BCUT2D eigenvalue weighted by Crippen LogP contribution is -2.27. The summed E-state index contributed by atoms with van der Waals surface area (Å²) in [6.45, 7) is 1.82. The second kappa shape index (κ2) is 8.46. The summed E-state index contributed by atoms with van der Waals surface area (Å²) >= 11 is 5.81. The normalized spacial score (nSPS) is 12.8. The molecular weight excluding hydrogens is 436 g/mol. The molecule has 1 aromatic carbocycles. The molecular formula is C17H13ClF4N4O2S. The Kier molecular flexibility index (Phi) is 6.18. The molecule has 2 heterocycles. The number of nitrogens with zero attached hydrogens (tertiary/aromatic N) is 4. The first-order valence-electron chi connectivity index (χ1n) is 8.16. The molecule has 1 atom stereocenters. The van der Waals surface area contributed by atoms with E-state index in [1.165, 1.54) is 40.8 Å². The maximum absolute atomic E-state index is 13.4. The first kappa shape index (κ1) is 21.2. The Bertz CT molecular complexity index is 1030. The molecule has 2 aromatic heterocycles. The third-order valence-corrected chi connectivity index (χ3v) is 5.34. The molecule has 29 heavy (non-hydrogen) atoms. The van der Waals surface area contributed by atoms with Crippen molar-refractivity contribution in [3.05, 3.63) is 59.0 Å². The molecule has 154 valence electrons. The van der Waals surface area contributed by atoms with Crippen molar-refractivity contribution in [1.29, 1.82) is 0 Å². The summed E-state index contributed by atoms with van der Waals surface area (Å²) in [6, 6.07) is 6.95. The topological polar surface area (TPSA) is 72.1 Å². The first-order chi connectivity index (χ1) is 13.7. The molecule has 0 fully saturated rings. The predicted molar refractivity (Wildman–Crippen MR) is 98.8 cm³/mol. The van der Waals surface area contributed by atoms with Crippen LogP contribution in [0.2, 0.25) is 5.02 Å². The van der Waals surface area contributed by atoms with Gasteiger partial charge in [0.25, 0.3) is 0 Å². The highest BCUT2D eigenvalue weighted by Gasteiger charge is 2.38. The third kappa shape index (κ3) is 4.91. The summed E-state index contributed by atoms with van der Waals surface area (Å²) < 4.78 is 69.7. The molecule has 6 nitrogen and oxygen atoms in total. The van der Waals surface area contributed by atoms with Gasteiger partial charge in [-0.25, -0.2) is 8.60 Å². The average Bonchev–Trinajstić information content (AvgIpc) is 3.19. The maximum Gasteiger partial charge on any atom is 0.470 e. The van der Waals surface area contributed by atoms with Crippen molar-refractivity contribution in [3.63, 3.8) is 0 Å². The second-order valence-corrected chi connectivity index (χ2v) is 7.76. The minimum Gasteiger partial charge on any atom is -0.413 e.